The molecule has 28 heavy (non-hydrogen) atoms. The molecule has 0 saturated carbocycles. The van der Waals surface area contributed by atoms with Gasteiger partial charge in [0.1, 0.15) is 0 Å². The highest BCUT2D eigenvalue weighted by Gasteiger charge is 2.12. The smallest absolute Gasteiger partial charge is 0.257 e. The van der Waals surface area contributed by atoms with Gasteiger partial charge in [-0.15, -0.1) is 0 Å². The van der Waals surface area contributed by atoms with Crippen LogP contribution < -0.4 is 15.5 Å². The molecular formula is C23H24N4O. The maximum absolute atomic E-state index is 12.6. The molecule has 0 bridgehead atoms. The molecule has 5 nitrogen and oxygen atoms in total. The lowest BCUT2D eigenvalue weighted by molar-refractivity contribution is 0.102. The molecule has 2 aromatic carbocycles. The van der Waals surface area contributed by atoms with Gasteiger partial charge in [0, 0.05) is 43.4 Å². The number of benzene rings is 2. The fraction of sp³-hybridized carbons (Fsp3) is 0.217. The highest BCUT2D eigenvalue weighted by Crippen LogP contribution is 2.22. The van der Waals surface area contributed by atoms with Crippen molar-refractivity contribution < 1.29 is 4.79 Å². The molecule has 1 aromatic heterocycles. The van der Waals surface area contributed by atoms with Crippen molar-refractivity contribution in [1.29, 1.82) is 0 Å². The largest absolute Gasteiger partial charge is 0.380 e. The third-order valence-electron chi connectivity index (χ3n) is 4.94. The summed E-state index contributed by atoms with van der Waals surface area (Å²) in [5.74, 6) is -0.162. The van der Waals surface area contributed by atoms with Crippen LogP contribution in [0.5, 0.6) is 0 Å². The average Bonchev–Trinajstić information content (AvgIpc) is 3.29. The van der Waals surface area contributed by atoms with Gasteiger partial charge < -0.3 is 15.5 Å². The number of carbonyl (C=O) groups is 1. The summed E-state index contributed by atoms with van der Waals surface area (Å²) in [6, 6.07) is 20.0. The summed E-state index contributed by atoms with van der Waals surface area (Å²) >= 11 is 0. The third-order valence-corrected chi connectivity index (χ3v) is 4.94. The lowest BCUT2D eigenvalue weighted by atomic mass is 10.2. The number of hydrogen-bond donors (Lipinski definition) is 2. The zero-order valence-corrected chi connectivity index (χ0v) is 15.8. The van der Waals surface area contributed by atoms with E-state index in [0.29, 0.717) is 12.1 Å². The molecule has 1 aliphatic rings. The molecule has 0 unspecified atom stereocenters. The van der Waals surface area contributed by atoms with Crippen LogP contribution in [0.1, 0.15) is 28.8 Å². The SMILES string of the molecule is O=C(Nc1ccc(N2CCCC2)cc1)c1cncc(NCc2ccccc2)c1. The van der Waals surface area contributed by atoms with E-state index in [4.69, 9.17) is 0 Å². The van der Waals surface area contributed by atoms with Crippen molar-refractivity contribution in [2.24, 2.45) is 0 Å². The van der Waals surface area contributed by atoms with Crippen molar-refractivity contribution in [2.75, 3.05) is 28.6 Å². The van der Waals surface area contributed by atoms with Crippen LogP contribution in [0.4, 0.5) is 17.1 Å². The Morgan fingerprint density at radius 1 is 0.929 bits per heavy atom. The molecule has 0 radical (unpaired) electrons. The molecule has 1 saturated heterocycles. The van der Waals surface area contributed by atoms with E-state index in [-0.39, 0.29) is 5.91 Å². The quantitative estimate of drug-likeness (QED) is 0.667. The number of pyridine rings is 1. The summed E-state index contributed by atoms with van der Waals surface area (Å²) in [7, 11) is 0. The lowest BCUT2D eigenvalue weighted by Gasteiger charge is -2.17. The van der Waals surface area contributed by atoms with E-state index in [1.54, 1.807) is 12.4 Å². The fourth-order valence-corrected chi connectivity index (χ4v) is 3.39. The maximum Gasteiger partial charge on any atom is 0.257 e. The molecule has 1 aliphatic heterocycles. The molecule has 3 aromatic rings. The van der Waals surface area contributed by atoms with Gasteiger partial charge in [-0.1, -0.05) is 30.3 Å². The minimum atomic E-state index is -0.162. The van der Waals surface area contributed by atoms with Gasteiger partial charge in [0.05, 0.1) is 11.3 Å². The molecule has 1 fully saturated rings. The van der Waals surface area contributed by atoms with E-state index in [9.17, 15) is 4.79 Å². The number of amides is 1. The molecule has 142 valence electrons. The predicted molar refractivity (Wildman–Crippen MR) is 114 cm³/mol. The number of hydrogen-bond acceptors (Lipinski definition) is 4. The number of rotatable bonds is 6. The van der Waals surface area contributed by atoms with Crippen molar-refractivity contribution in [3.8, 4) is 0 Å². The lowest BCUT2D eigenvalue weighted by Crippen LogP contribution is -2.17. The first-order valence-corrected chi connectivity index (χ1v) is 9.67. The first-order chi connectivity index (χ1) is 13.8. The minimum absolute atomic E-state index is 0.162. The van der Waals surface area contributed by atoms with E-state index >= 15 is 0 Å². The molecule has 2 N–H and O–H groups in total. The summed E-state index contributed by atoms with van der Waals surface area (Å²) < 4.78 is 0. The minimum Gasteiger partial charge on any atom is -0.380 e. The fourth-order valence-electron chi connectivity index (χ4n) is 3.39. The van der Waals surface area contributed by atoms with E-state index in [1.807, 2.05) is 36.4 Å². The topological polar surface area (TPSA) is 57.3 Å². The van der Waals surface area contributed by atoms with Crippen LogP contribution >= 0.6 is 0 Å². The molecule has 0 atom stereocenters. The van der Waals surface area contributed by atoms with Crippen molar-refractivity contribution in [1.82, 2.24) is 4.98 Å². The van der Waals surface area contributed by atoms with Gasteiger partial charge in [0.25, 0.3) is 5.91 Å². The zero-order chi connectivity index (χ0) is 19.2. The summed E-state index contributed by atoms with van der Waals surface area (Å²) in [4.78, 5) is 19.2. The van der Waals surface area contributed by atoms with Gasteiger partial charge in [0.15, 0.2) is 0 Å². The Bertz CT molecular complexity index is 919. The van der Waals surface area contributed by atoms with Crippen LogP contribution in [0.3, 0.4) is 0 Å². The standard InChI is InChI=1S/C23H24N4O/c28-23(26-20-8-10-22(11-9-20)27-12-4-5-13-27)19-14-21(17-24-16-19)25-15-18-6-2-1-3-7-18/h1-3,6-11,14,16-17,25H,4-5,12-13,15H2,(H,26,28). The van der Waals surface area contributed by atoms with Crippen LogP contribution in [-0.2, 0) is 6.54 Å². The Hall–Kier alpha value is -3.34. The molecular weight excluding hydrogens is 348 g/mol. The zero-order valence-electron chi connectivity index (χ0n) is 15.8. The molecule has 1 amide bonds. The Kier molecular flexibility index (Phi) is 5.52. The summed E-state index contributed by atoms with van der Waals surface area (Å²) in [5.41, 5.74) is 4.53. The Morgan fingerprint density at radius 3 is 2.43 bits per heavy atom. The van der Waals surface area contributed by atoms with Crippen LogP contribution in [0.2, 0.25) is 0 Å². The number of carbonyl (C=O) groups excluding carboxylic acids is 1. The normalized spacial score (nSPS) is 13.4. The van der Waals surface area contributed by atoms with E-state index < -0.39 is 0 Å². The van der Waals surface area contributed by atoms with Crippen molar-refractivity contribution >= 4 is 23.0 Å². The van der Waals surface area contributed by atoms with Crippen molar-refractivity contribution in [2.45, 2.75) is 19.4 Å². The van der Waals surface area contributed by atoms with Gasteiger partial charge in [-0.3, -0.25) is 9.78 Å². The highest BCUT2D eigenvalue weighted by molar-refractivity contribution is 6.04. The monoisotopic (exact) mass is 372 g/mol. The van der Waals surface area contributed by atoms with Gasteiger partial charge in [-0.05, 0) is 48.7 Å². The Labute approximate surface area is 165 Å². The summed E-state index contributed by atoms with van der Waals surface area (Å²) in [6.07, 6.45) is 5.81. The predicted octanol–water partition coefficient (Wildman–Crippen LogP) is 4.55. The van der Waals surface area contributed by atoms with Crippen molar-refractivity contribution in [3.05, 3.63) is 84.2 Å². The van der Waals surface area contributed by atoms with Crippen molar-refractivity contribution in [3.63, 3.8) is 0 Å². The van der Waals surface area contributed by atoms with Crippen LogP contribution in [-0.4, -0.2) is 24.0 Å². The first kappa shape index (κ1) is 18.0. The molecule has 2 heterocycles. The third kappa shape index (κ3) is 4.49. The first-order valence-electron chi connectivity index (χ1n) is 9.67. The second kappa shape index (κ2) is 8.57. The molecule has 4 rings (SSSR count). The van der Waals surface area contributed by atoms with E-state index in [2.05, 4.69) is 44.8 Å². The average molecular weight is 372 g/mol. The Morgan fingerprint density at radius 2 is 1.68 bits per heavy atom. The second-order valence-electron chi connectivity index (χ2n) is 7.00. The molecule has 5 heteroatoms. The second-order valence-corrected chi connectivity index (χ2v) is 7.00. The number of nitrogens with one attached hydrogen (secondary N) is 2. The van der Waals surface area contributed by atoms with E-state index in [1.165, 1.54) is 24.1 Å². The summed E-state index contributed by atoms with van der Waals surface area (Å²) in [6.45, 7) is 2.91. The van der Waals surface area contributed by atoms with Crippen LogP contribution in [0.15, 0.2) is 73.1 Å². The summed E-state index contributed by atoms with van der Waals surface area (Å²) in [5, 5.41) is 6.26. The number of aromatic nitrogens is 1. The molecule has 0 spiro atoms. The van der Waals surface area contributed by atoms with E-state index in [0.717, 1.165) is 24.5 Å². The van der Waals surface area contributed by atoms with Gasteiger partial charge in [-0.25, -0.2) is 0 Å². The van der Waals surface area contributed by atoms with Crippen LogP contribution in [0, 0.1) is 0 Å². The van der Waals surface area contributed by atoms with Gasteiger partial charge in [0.2, 0.25) is 0 Å². The number of nitrogens with zero attached hydrogens (tertiary/aromatic N) is 2. The molecule has 0 aliphatic carbocycles. The maximum atomic E-state index is 12.6. The van der Waals surface area contributed by atoms with Gasteiger partial charge >= 0.3 is 0 Å². The highest BCUT2D eigenvalue weighted by atomic mass is 16.1. The van der Waals surface area contributed by atoms with Crippen LogP contribution in [0.25, 0.3) is 0 Å². The Balaban J connectivity index is 1.37. The van der Waals surface area contributed by atoms with Gasteiger partial charge in [-0.2, -0.15) is 0 Å². The number of anilines is 3.